The second-order valence-corrected chi connectivity index (χ2v) is 5.15. The summed E-state index contributed by atoms with van der Waals surface area (Å²) in [5.41, 5.74) is 6.94. The van der Waals surface area contributed by atoms with Gasteiger partial charge in [0, 0.05) is 24.8 Å². The maximum Gasteiger partial charge on any atom is 0.257 e. The highest BCUT2D eigenvalue weighted by molar-refractivity contribution is 5.97. The lowest BCUT2D eigenvalue weighted by Crippen LogP contribution is -2.33. The topological polar surface area (TPSA) is 55.6 Å². The van der Waals surface area contributed by atoms with Crippen LogP contribution in [0.5, 0.6) is 5.75 Å². The third-order valence-electron chi connectivity index (χ3n) is 3.41. The van der Waals surface area contributed by atoms with Gasteiger partial charge in [0.15, 0.2) is 0 Å². The zero-order valence-corrected chi connectivity index (χ0v) is 11.7. The quantitative estimate of drug-likeness (QED) is 0.801. The Morgan fingerprint density at radius 1 is 1.47 bits per heavy atom. The number of nitrogens with zero attached hydrogens (tertiary/aromatic N) is 1. The van der Waals surface area contributed by atoms with Gasteiger partial charge in [0.25, 0.3) is 5.91 Å². The van der Waals surface area contributed by atoms with Crippen LogP contribution in [0.4, 0.5) is 5.69 Å². The maximum absolute atomic E-state index is 12.6. The Balaban J connectivity index is 2.19. The van der Waals surface area contributed by atoms with E-state index in [4.69, 9.17) is 10.5 Å². The number of anilines is 1. The van der Waals surface area contributed by atoms with Crippen molar-refractivity contribution in [1.29, 1.82) is 0 Å². The van der Waals surface area contributed by atoms with E-state index in [0.717, 1.165) is 19.5 Å². The number of ether oxygens (including phenoxy) is 1. The molecule has 0 atom stereocenters. The van der Waals surface area contributed by atoms with Crippen LogP contribution >= 0.6 is 0 Å². The van der Waals surface area contributed by atoms with Crippen LogP contribution in [0.25, 0.3) is 0 Å². The first-order valence-corrected chi connectivity index (χ1v) is 6.88. The number of methoxy groups -OCH3 is 1. The van der Waals surface area contributed by atoms with E-state index in [-0.39, 0.29) is 5.91 Å². The summed E-state index contributed by atoms with van der Waals surface area (Å²) in [5, 5.41) is 0. The van der Waals surface area contributed by atoms with E-state index in [1.165, 1.54) is 12.8 Å². The molecule has 0 spiro atoms. The van der Waals surface area contributed by atoms with Crippen LogP contribution in [-0.2, 0) is 0 Å². The fraction of sp³-hybridized carbons (Fsp3) is 0.533. The molecule has 0 aromatic heterocycles. The Bertz CT molecular complexity index is 455. The smallest absolute Gasteiger partial charge is 0.257 e. The molecule has 1 aliphatic rings. The molecule has 1 saturated carbocycles. The second kappa shape index (κ2) is 5.95. The van der Waals surface area contributed by atoms with Crippen LogP contribution in [0, 0.1) is 5.92 Å². The lowest BCUT2D eigenvalue weighted by Gasteiger charge is -2.23. The molecule has 0 saturated heterocycles. The molecule has 1 aromatic carbocycles. The largest absolute Gasteiger partial charge is 0.496 e. The van der Waals surface area contributed by atoms with Gasteiger partial charge in [0.2, 0.25) is 0 Å². The molecule has 0 heterocycles. The van der Waals surface area contributed by atoms with Gasteiger partial charge < -0.3 is 15.4 Å². The van der Waals surface area contributed by atoms with Crippen LogP contribution < -0.4 is 10.5 Å². The normalized spacial score (nSPS) is 14.2. The summed E-state index contributed by atoms with van der Waals surface area (Å²) in [7, 11) is 1.57. The van der Waals surface area contributed by atoms with Crippen molar-refractivity contribution in [3.63, 3.8) is 0 Å². The van der Waals surface area contributed by atoms with E-state index in [1.807, 2.05) is 4.90 Å². The van der Waals surface area contributed by atoms with Gasteiger partial charge >= 0.3 is 0 Å². The van der Waals surface area contributed by atoms with E-state index in [9.17, 15) is 4.79 Å². The van der Waals surface area contributed by atoms with Crippen LogP contribution in [0.1, 0.15) is 36.5 Å². The third kappa shape index (κ3) is 3.40. The molecule has 1 aliphatic carbocycles. The van der Waals surface area contributed by atoms with Crippen molar-refractivity contribution >= 4 is 11.6 Å². The van der Waals surface area contributed by atoms with Gasteiger partial charge in [-0.1, -0.05) is 6.92 Å². The molecule has 0 radical (unpaired) electrons. The summed E-state index contributed by atoms with van der Waals surface area (Å²) in [6.45, 7) is 3.75. The number of amides is 1. The average molecular weight is 262 g/mol. The Kier molecular flexibility index (Phi) is 4.30. The van der Waals surface area contributed by atoms with Gasteiger partial charge in [-0.15, -0.1) is 0 Å². The van der Waals surface area contributed by atoms with Crippen LogP contribution in [-0.4, -0.2) is 31.0 Å². The molecular weight excluding hydrogens is 240 g/mol. The van der Waals surface area contributed by atoms with Crippen molar-refractivity contribution in [2.45, 2.75) is 26.2 Å². The molecule has 0 aliphatic heterocycles. The minimum atomic E-state index is 0.0469. The number of carbonyl (C=O) groups is 1. The first-order valence-electron chi connectivity index (χ1n) is 6.88. The van der Waals surface area contributed by atoms with E-state index in [1.54, 1.807) is 25.3 Å². The minimum Gasteiger partial charge on any atom is -0.496 e. The molecule has 2 N–H and O–H groups in total. The lowest BCUT2D eigenvalue weighted by atomic mass is 10.1. The van der Waals surface area contributed by atoms with Gasteiger partial charge in [-0.3, -0.25) is 4.79 Å². The zero-order valence-electron chi connectivity index (χ0n) is 11.7. The molecular formula is C15H22N2O2. The lowest BCUT2D eigenvalue weighted by molar-refractivity contribution is 0.0744. The van der Waals surface area contributed by atoms with Crippen molar-refractivity contribution in [3.05, 3.63) is 23.8 Å². The first kappa shape index (κ1) is 13.7. The Labute approximate surface area is 114 Å². The fourth-order valence-corrected chi connectivity index (χ4v) is 2.21. The Morgan fingerprint density at radius 3 is 2.79 bits per heavy atom. The molecule has 4 heteroatoms. The van der Waals surface area contributed by atoms with Gasteiger partial charge in [0.1, 0.15) is 5.75 Å². The van der Waals surface area contributed by atoms with E-state index >= 15 is 0 Å². The summed E-state index contributed by atoms with van der Waals surface area (Å²) < 4.78 is 5.27. The van der Waals surface area contributed by atoms with Crippen LogP contribution in [0.3, 0.4) is 0 Å². The number of benzene rings is 1. The summed E-state index contributed by atoms with van der Waals surface area (Å²) in [6.07, 6.45) is 3.45. The molecule has 1 amide bonds. The minimum absolute atomic E-state index is 0.0469. The highest BCUT2D eigenvalue weighted by Crippen LogP contribution is 2.31. The highest BCUT2D eigenvalue weighted by Gasteiger charge is 2.27. The SMILES string of the molecule is CCCN(CC1CC1)C(=O)c1ccc(N)cc1OC. The molecule has 0 unspecified atom stereocenters. The van der Waals surface area contributed by atoms with Crippen molar-refractivity contribution < 1.29 is 9.53 Å². The molecule has 0 bridgehead atoms. The second-order valence-electron chi connectivity index (χ2n) is 5.15. The molecule has 4 nitrogen and oxygen atoms in total. The number of nitrogens with two attached hydrogens (primary N) is 1. The third-order valence-corrected chi connectivity index (χ3v) is 3.41. The van der Waals surface area contributed by atoms with Crippen LogP contribution in [0.2, 0.25) is 0 Å². The standard InChI is InChI=1S/C15H22N2O2/c1-3-8-17(10-11-4-5-11)15(18)13-7-6-12(16)9-14(13)19-2/h6-7,9,11H,3-5,8,10,16H2,1-2H3. The van der Waals surface area contributed by atoms with Gasteiger partial charge in [-0.2, -0.15) is 0 Å². The molecule has 19 heavy (non-hydrogen) atoms. The predicted molar refractivity (Wildman–Crippen MR) is 76.3 cm³/mol. The number of nitrogen functional groups attached to an aromatic ring is 1. The Morgan fingerprint density at radius 2 is 2.21 bits per heavy atom. The highest BCUT2D eigenvalue weighted by atomic mass is 16.5. The van der Waals surface area contributed by atoms with Crippen LogP contribution in [0.15, 0.2) is 18.2 Å². The fourth-order valence-electron chi connectivity index (χ4n) is 2.21. The molecule has 1 fully saturated rings. The summed E-state index contributed by atoms with van der Waals surface area (Å²) in [6, 6.07) is 5.21. The van der Waals surface area contributed by atoms with Gasteiger partial charge in [-0.05, 0) is 37.3 Å². The number of rotatable bonds is 6. The van der Waals surface area contributed by atoms with Crippen molar-refractivity contribution in [1.82, 2.24) is 4.90 Å². The molecule has 2 rings (SSSR count). The van der Waals surface area contributed by atoms with Crippen molar-refractivity contribution in [2.75, 3.05) is 25.9 Å². The Hall–Kier alpha value is -1.71. The maximum atomic E-state index is 12.6. The average Bonchev–Trinajstić information content (AvgIpc) is 3.21. The first-order chi connectivity index (χ1) is 9.15. The summed E-state index contributed by atoms with van der Waals surface area (Å²) in [5.74, 6) is 1.29. The monoisotopic (exact) mass is 262 g/mol. The zero-order chi connectivity index (χ0) is 13.8. The van der Waals surface area contributed by atoms with E-state index in [2.05, 4.69) is 6.92 Å². The van der Waals surface area contributed by atoms with E-state index in [0.29, 0.717) is 22.9 Å². The molecule has 104 valence electrons. The number of hydrogen-bond donors (Lipinski definition) is 1. The number of hydrogen-bond acceptors (Lipinski definition) is 3. The van der Waals surface area contributed by atoms with E-state index < -0.39 is 0 Å². The predicted octanol–water partition coefficient (Wildman–Crippen LogP) is 2.54. The van der Waals surface area contributed by atoms with Crippen molar-refractivity contribution in [2.24, 2.45) is 5.92 Å². The van der Waals surface area contributed by atoms with Gasteiger partial charge in [0.05, 0.1) is 12.7 Å². The summed E-state index contributed by atoms with van der Waals surface area (Å²) in [4.78, 5) is 14.5. The molecule has 1 aromatic rings. The van der Waals surface area contributed by atoms with Gasteiger partial charge in [-0.25, -0.2) is 0 Å². The van der Waals surface area contributed by atoms with Crippen molar-refractivity contribution in [3.8, 4) is 5.75 Å². The number of carbonyl (C=O) groups excluding carboxylic acids is 1. The summed E-state index contributed by atoms with van der Waals surface area (Å²) >= 11 is 0.